The first-order valence-electron chi connectivity index (χ1n) is 11.6. The zero-order valence-corrected chi connectivity index (χ0v) is 19.9. The molecule has 2 aliphatic rings. The van der Waals surface area contributed by atoms with Crippen LogP contribution in [0.2, 0.25) is 0 Å². The van der Waals surface area contributed by atoms with Gasteiger partial charge in [0, 0.05) is 19.5 Å². The van der Waals surface area contributed by atoms with Crippen LogP contribution in [0.1, 0.15) is 50.1 Å². The normalized spacial score (nSPS) is 22.2. The fourth-order valence-electron chi connectivity index (χ4n) is 4.49. The first-order chi connectivity index (χ1) is 16.8. The second-order valence-electron chi connectivity index (χ2n) is 8.71. The molecule has 2 unspecified atom stereocenters. The van der Waals surface area contributed by atoms with Gasteiger partial charge in [-0.25, -0.2) is 18.7 Å². The molecule has 0 saturated carbocycles. The van der Waals surface area contributed by atoms with Gasteiger partial charge in [-0.15, -0.1) is 5.10 Å². The largest absolute Gasteiger partial charge is 0.461 e. The van der Waals surface area contributed by atoms with Crippen molar-refractivity contribution in [3.63, 3.8) is 0 Å². The Labute approximate surface area is 202 Å². The number of carbonyl (C=O) groups is 3. The molecule has 2 saturated heterocycles. The van der Waals surface area contributed by atoms with Gasteiger partial charge in [0.15, 0.2) is 5.69 Å². The number of nitrogens with zero attached hydrogens (tertiary/aromatic N) is 5. The van der Waals surface area contributed by atoms with Crippen molar-refractivity contribution in [3.8, 4) is 0 Å². The second-order valence-corrected chi connectivity index (χ2v) is 8.71. The minimum absolute atomic E-state index is 0.00290. The fourth-order valence-corrected chi connectivity index (χ4v) is 4.49. The van der Waals surface area contributed by atoms with Crippen LogP contribution >= 0.6 is 0 Å². The van der Waals surface area contributed by atoms with E-state index in [2.05, 4.69) is 15.6 Å². The van der Waals surface area contributed by atoms with E-state index in [0.29, 0.717) is 30.8 Å². The first-order valence-corrected chi connectivity index (χ1v) is 11.6. The van der Waals surface area contributed by atoms with Gasteiger partial charge in [0.2, 0.25) is 5.91 Å². The third-order valence-electron chi connectivity index (χ3n) is 6.22. The Bertz CT molecular complexity index is 1110. The molecule has 0 radical (unpaired) electrons. The first kappa shape index (κ1) is 24.4. The van der Waals surface area contributed by atoms with Crippen LogP contribution < -0.4 is 15.1 Å². The highest BCUT2D eigenvalue weighted by molar-refractivity contribution is 5.90. The summed E-state index contributed by atoms with van der Waals surface area (Å²) >= 11 is 0. The Hall–Kier alpha value is -3.70. The van der Waals surface area contributed by atoms with Gasteiger partial charge in [0.05, 0.1) is 43.3 Å². The molecular formula is C23H29FN6O5. The molecule has 1 aromatic heterocycles. The van der Waals surface area contributed by atoms with E-state index in [9.17, 15) is 14.4 Å². The monoisotopic (exact) mass is 488 g/mol. The molecule has 0 aliphatic carbocycles. The summed E-state index contributed by atoms with van der Waals surface area (Å²) in [5, 5.41) is 10.6. The van der Waals surface area contributed by atoms with Gasteiger partial charge in [-0.2, -0.15) is 0 Å². The number of aromatic nitrogens is 3. The van der Waals surface area contributed by atoms with Crippen molar-refractivity contribution in [2.75, 3.05) is 36.0 Å². The molecule has 3 atom stereocenters. The minimum atomic E-state index is -0.572. The third-order valence-corrected chi connectivity index (χ3v) is 6.22. The van der Waals surface area contributed by atoms with Crippen LogP contribution in [0.5, 0.6) is 0 Å². The van der Waals surface area contributed by atoms with Crippen molar-refractivity contribution in [3.05, 3.63) is 35.9 Å². The van der Waals surface area contributed by atoms with Crippen molar-refractivity contribution >= 4 is 29.3 Å². The number of hydrogen-bond acceptors (Lipinski definition) is 8. The molecular weight excluding hydrogens is 459 g/mol. The molecule has 188 valence electrons. The number of benzene rings is 1. The number of carbonyl (C=O) groups excluding carboxylic acids is 3. The Morgan fingerprint density at radius 1 is 1.34 bits per heavy atom. The summed E-state index contributed by atoms with van der Waals surface area (Å²) in [5.74, 6) is -1.15. The van der Waals surface area contributed by atoms with E-state index in [1.54, 1.807) is 29.9 Å². The molecule has 35 heavy (non-hydrogen) atoms. The highest BCUT2D eigenvalue weighted by Gasteiger charge is 2.34. The van der Waals surface area contributed by atoms with E-state index in [1.165, 1.54) is 17.9 Å². The van der Waals surface area contributed by atoms with Gasteiger partial charge >= 0.3 is 12.1 Å². The number of halogens is 1. The summed E-state index contributed by atoms with van der Waals surface area (Å²) in [4.78, 5) is 38.6. The van der Waals surface area contributed by atoms with E-state index in [1.807, 2.05) is 11.8 Å². The van der Waals surface area contributed by atoms with Gasteiger partial charge in [0.25, 0.3) is 0 Å². The Balaban J connectivity index is 1.40. The summed E-state index contributed by atoms with van der Waals surface area (Å²) < 4.78 is 27.1. The van der Waals surface area contributed by atoms with E-state index in [-0.39, 0.29) is 43.4 Å². The van der Waals surface area contributed by atoms with Gasteiger partial charge in [0.1, 0.15) is 11.9 Å². The predicted octanol–water partition coefficient (Wildman–Crippen LogP) is 2.29. The van der Waals surface area contributed by atoms with E-state index in [0.717, 1.165) is 0 Å². The molecule has 2 aliphatic heterocycles. The lowest BCUT2D eigenvalue weighted by atomic mass is 9.97. The van der Waals surface area contributed by atoms with Gasteiger partial charge in [-0.3, -0.25) is 9.69 Å². The summed E-state index contributed by atoms with van der Waals surface area (Å²) in [7, 11) is 0. The van der Waals surface area contributed by atoms with Crippen molar-refractivity contribution in [2.45, 2.75) is 51.8 Å². The van der Waals surface area contributed by atoms with Crippen LogP contribution in [0, 0.1) is 5.82 Å². The van der Waals surface area contributed by atoms with Crippen molar-refractivity contribution in [2.24, 2.45) is 0 Å². The lowest BCUT2D eigenvalue weighted by molar-refractivity contribution is -0.119. The van der Waals surface area contributed by atoms with Crippen LogP contribution in [0.4, 0.5) is 20.6 Å². The zero-order chi connectivity index (χ0) is 25.1. The molecule has 0 spiro atoms. The number of rotatable bonds is 7. The highest BCUT2D eigenvalue weighted by atomic mass is 19.1. The molecule has 1 aromatic carbocycles. The summed E-state index contributed by atoms with van der Waals surface area (Å²) in [6.07, 6.45) is 1.91. The van der Waals surface area contributed by atoms with Crippen molar-refractivity contribution < 1.29 is 28.2 Å². The van der Waals surface area contributed by atoms with Gasteiger partial charge < -0.3 is 19.7 Å². The lowest BCUT2D eigenvalue weighted by Crippen LogP contribution is -2.42. The maximum Gasteiger partial charge on any atom is 0.414 e. The van der Waals surface area contributed by atoms with Gasteiger partial charge in [-0.05, 0) is 44.9 Å². The molecule has 2 aromatic rings. The minimum Gasteiger partial charge on any atom is -0.461 e. The number of amides is 2. The van der Waals surface area contributed by atoms with Crippen molar-refractivity contribution in [1.82, 2.24) is 20.3 Å². The molecule has 2 fully saturated rings. The number of ether oxygens (including phenoxy) is 2. The quantitative estimate of drug-likeness (QED) is 0.590. The molecule has 11 nitrogen and oxygen atoms in total. The number of cyclic esters (lactones) is 1. The average Bonchev–Trinajstić information content (AvgIpc) is 3.45. The Morgan fingerprint density at radius 2 is 2.14 bits per heavy atom. The van der Waals surface area contributed by atoms with Gasteiger partial charge in [-0.1, -0.05) is 5.21 Å². The van der Waals surface area contributed by atoms with E-state index in [4.69, 9.17) is 9.47 Å². The molecule has 12 heteroatoms. The van der Waals surface area contributed by atoms with Crippen LogP contribution in [-0.4, -0.2) is 71.4 Å². The zero-order valence-electron chi connectivity index (χ0n) is 19.9. The third kappa shape index (κ3) is 5.36. The number of nitrogens with one attached hydrogen (secondary N) is 1. The van der Waals surface area contributed by atoms with Crippen LogP contribution in [0.15, 0.2) is 24.4 Å². The summed E-state index contributed by atoms with van der Waals surface area (Å²) in [6, 6.07) is 4.73. The standard InChI is InChI=1S/C23H29FN6O5/c1-4-34-22(32)20-13-30(27-26-20)17-7-8-28(14(2)9-17)21-6-5-16(10-19(21)24)29-12-18(35-23(29)33)11-25-15(3)31/h5-6,10,13-14,17-18H,4,7-9,11-12H2,1-3H3,(H,25,31)/t14?,17?,18-/m0/s1. The predicted molar refractivity (Wildman–Crippen MR) is 124 cm³/mol. The van der Waals surface area contributed by atoms with E-state index < -0.39 is 24.0 Å². The number of esters is 1. The maximum absolute atomic E-state index is 15.2. The van der Waals surface area contributed by atoms with Crippen LogP contribution in [-0.2, 0) is 14.3 Å². The topological polar surface area (TPSA) is 119 Å². The highest BCUT2D eigenvalue weighted by Crippen LogP contribution is 2.34. The summed E-state index contributed by atoms with van der Waals surface area (Å²) in [6.45, 7) is 6.41. The SMILES string of the molecule is CCOC(=O)c1cn(C2CCN(c3ccc(N4C[C@H](CNC(C)=O)OC4=O)cc3F)C(C)C2)nn1. The van der Waals surface area contributed by atoms with Crippen LogP contribution in [0.25, 0.3) is 0 Å². The second kappa shape index (κ2) is 10.3. The molecule has 4 rings (SSSR count). The Kier molecular flexibility index (Phi) is 7.17. The molecule has 0 bridgehead atoms. The number of hydrogen-bond donors (Lipinski definition) is 1. The maximum atomic E-state index is 15.2. The molecule has 1 N–H and O–H groups in total. The smallest absolute Gasteiger partial charge is 0.414 e. The van der Waals surface area contributed by atoms with E-state index >= 15 is 4.39 Å². The lowest BCUT2D eigenvalue weighted by Gasteiger charge is -2.39. The summed E-state index contributed by atoms with van der Waals surface area (Å²) in [5.41, 5.74) is 1.02. The molecule has 3 heterocycles. The average molecular weight is 489 g/mol. The van der Waals surface area contributed by atoms with Crippen molar-refractivity contribution in [1.29, 1.82) is 0 Å². The molecule has 2 amide bonds. The number of piperidine rings is 1. The van der Waals surface area contributed by atoms with Crippen LogP contribution in [0.3, 0.4) is 0 Å². The fraction of sp³-hybridized carbons (Fsp3) is 0.522. The number of anilines is 2. The Morgan fingerprint density at radius 3 is 2.83 bits per heavy atom.